The molecule has 4 N–H and O–H groups in total. The summed E-state index contributed by atoms with van der Waals surface area (Å²) in [6.07, 6.45) is 4.56. The van der Waals surface area contributed by atoms with E-state index in [0.29, 0.717) is 32.4 Å². The summed E-state index contributed by atoms with van der Waals surface area (Å²) in [5, 5.41) is 12.1. The van der Waals surface area contributed by atoms with Gasteiger partial charge in [0.2, 0.25) is 5.91 Å². The van der Waals surface area contributed by atoms with Gasteiger partial charge in [0.05, 0.1) is 11.8 Å². The normalized spacial score (nSPS) is 29.7. The standard InChI is InChI=1S/C14H23N3O4/c15-12(18)9-4-3-7-17(8-9)14(21)16-11-6-2-1-5-10(11)13(19)20/h9-11H,1-8H2,(H2,15,18)(H,16,21)(H,19,20). The third-order valence-electron chi connectivity index (χ3n) is 4.50. The quantitative estimate of drug-likeness (QED) is 0.705. The minimum absolute atomic E-state index is 0.279. The first kappa shape index (κ1) is 15.6. The summed E-state index contributed by atoms with van der Waals surface area (Å²) in [5.41, 5.74) is 5.30. The van der Waals surface area contributed by atoms with Crippen molar-refractivity contribution >= 4 is 17.9 Å². The van der Waals surface area contributed by atoms with Crippen LogP contribution in [0.25, 0.3) is 0 Å². The summed E-state index contributed by atoms with van der Waals surface area (Å²) in [4.78, 5) is 36.3. The van der Waals surface area contributed by atoms with Gasteiger partial charge in [0, 0.05) is 19.1 Å². The molecule has 0 aromatic heterocycles. The number of rotatable bonds is 3. The fourth-order valence-electron chi connectivity index (χ4n) is 3.24. The summed E-state index contributed by atoms with van der Waals surface area (Å²) in [7, 11) is 0. The lowest BCUT2D eigenvalue weighted by Gasteiger charge is -2.35. The number of nitrogens with two attached hydrogens (primary N) is 1. The number of likely N-dealkylation sites (tertiary alicyclic amines) is 1. The number of amides is 3. The maximum atomic E-state index is 12.3. The van der Waals surface area contributed by atoms with Crippen LogP contribution in [0.3, 0.4) is 0 Å². The number of primary amides is 1. The van der Waals surface area contributed by atoms with E-state index >= 15 is 0 Å². The van der Waals surface area contributed by atoms with Gasteiger partial charge < -0.3 is 21.1 Å². The van der Waals surface area contributed by atoms with Gasteiger partial charge in [0.15, 0.2) is 0 Å². The largest absolute Gasteiger partial charge is 0.481 e. The molecule has 118 valence electrons. The summed E-state index contributed by atoms with van der Waals surface area (Å²) < 4.78 is 0. The highest BCUT2D eigenvalue weighted by molar-refractivity contribution is 5.80. The molecule has 1 aliphatic carbocycles. The van der Waals surface area contributed by atoms with Crippen LogP contribution in [0, 0.1) is 11.8 Å². The van der Waals surface area contributed by atoms with E-state index in [1.807, 2.05) is 0 Å². The van der Waals surface area contributed by atoms with Crippen molar-refractivity contribution in [1.82, 2.24) is 10.2 Å². The lowest BCUT2D eigenvalue weighted by atomic mass is 9.84. The van der Waals surface area contributed by atoms with Crippen molar-refractivity contribution in [3.63, 3.8) is 0 Å². The van der Waals surface area contributed by atoms with Gasteiger partial charge in [-0.05, 0) is 25.7 Å². The molecule has 2 aliphatic rings. The molecular weight excluding hydrogens is 274 g/mol. The number of piperidine rings is 1. The number of carboxylic acids is 1. The zero-order valence-corrected chi connectivity index (χ0v) is 12.1. The number of aliphatic carboxylic acids is 1. The average Bonchev–Trinajstić information content (AvgIpc) is 2.47. The molecule has 3 atom stereocenters. The molecule has 3 amide bonds. The van der Waals surface area contributed by atoms with Crippen LogP contribution in [-0.2, 0) is 9.59 Å². The zero-order chi connectivity index (χ0) is 15.4. The van der Waals surface area contributed by atoms with Crippen LogP contribution in [0.1, 0.15) is 38.5 Å². The molecule has 2 fully saturated rings. The maximum absolute atomic E-state index is 12.3. The van der Waals surface area contributed by atoms with Crippen LogP contribution >= 0.6 is 0 Å². The molecule has 0 spiro atoms. The molecule has 1 heterocycles. The second-order valence-electron chi connectivity index (χ2n) is 5.97. The summed E-state index contributed by atoms with van der Waals surface area (Å²) in [5.74, 6) is -2.05. The first-order chi connectivity index (χ1) is 9.99. The Morgan fingerprint density at radius 1 is 1.10 bits per heavy atom. The highest BCUT2D eigenvalue weighted by Crippen LogP contribution is 2.25. The van der Waals surface area contributed by atoms with E-state index in [4.69, 9.17) is 5.73 Å². The predicted octanol–water partition coefficient (Wildman–Crippen LogP) is 0.537. The number of carboxylic acid groups (broad SMARTS) is 1. The van der Waals surface area contributed by atoms with Crippen LogP contribution in [0.5, 0.6) is 0 Å². The summed E-state index contributed by atoms with van der Waals surface area (Å²) in [6.45, 7) is 0.908. The van der Waals surface area contributed by atoms with Gasteiger partial charge in [-0.3, -0.25) is 9.59 Å². The van der Waals surface area contributed by atoms with Crippen LogP contribution in [0.2, 0.25) is 0 Å². The van der Waals surface area contributed by atoms with Crippen molar-refractivity contribution in [2.75, 3.05) is 13.1 Å². The van der Waals surface area contributed by atoms with Crippen molar-refractivity contribution in [1.29, 1.82) is 0 Å². The predicted molar refractivity (Wildman–Crippen MR) is 75.4 cm³/mol. The van der Waals surface area contributed by atoms with Crippen LogP contribution in [0.4, 0.5) is 4.79 Å². The Labute approximate surface area is 123 Å². The molecule has 0 aromatic carbocycles. The molecule has 1 saturated carbocycles. The number of hydrogen-bond donors (Lipinski definition) is 3. The Balaban J connectivity index is 1.93. The Hall–Kier alpha value is -1.79. The molecule has 1 aliphatic heterocycles. The minimum Gasteiger partial charge on any atom is -0.481 e. The van der Waals surface area contributed by atoms with E-state index in [0.717, 1.165) is 19.3 Å². The third-order valence-corrected chi connectivity index (χ3v) is 4.50. The van der Waals surface area contributed by atoms with E-state index in [-0.39, 0.29) is 23.9 Å². The van der Waals surface area contributed by atoms with Gasteiger partial charge in [0.1, 0.15) is 0 Å². The number of urea groups is 1. The van der Waals surface area contributed by atoms with E-state index in [1.54, 1.807) is 4.90 Å². The van der Waals surface area contributed by atoms with Gasteiger partial charge in [-0.2, -0.15) is 0 Å². The second kappa shape index (κ2) is 6.78. The topological polar surface area (TPSA) is 113 Å². The van der Waals surface area contributed by atoms with Crippen LogP contribution in [-0.4, -0.2) is 47.0 Å². The molecule has 2 rings (SSSR count). The lowest BCUT2D eigenvalue weighted by molar-refractivity contribution is -0.143. The monoisotopic (exact) mass is 297 g/mol. The fourth-order valence-corrected chi connectivity index (χ4v) is 3.24. The molecule has 0 aromatic rings. The van der Waals surface area contributed by atoms with Crippen molar-refractivity contribution in [2.24, 2.45) is 17.6 Å². The molecular formula is C14H23N3O4. The Kier molecular flexibility index (Phi) is 5.03. The summed E-state index contributed by atoms with van der Waals surface area (Å²) in [6, 6.07) is -0.600. The first-order valence-electron chi connectivity index (χ1n) is 7.56. The maximum Gasteiger partial charge on any atom is 0.317 e. The van der Waals surface area contributed by atoms with Gasteiger partial charge in [-0.25, -0.2) is 4.79 Å². The third kappa shape index (κ3) is 3.86. The number of nitrogens with one attached hydrogen (secondary N) is 1. The van der Waals surface area contributed by atoms with Crippen molar-refractivity contribution in [2.45, 2.75) is 44.6 Å². The Morgan fingerprint density at radius 2 is 1.81 bits per heavy atom. The van der Waals surface area contributed by atoms with E-state index in [2.05, 4.69) is 5.32 Å². The van der Waals surface area contributed by atoms with Crippen molar-refractivity contribution < 1.29 is 19.5 Å². The van der Waals surface area contributed by atoms with Gasteiger partial charge >= 0.3 is 12.0 Å². The molecule has 21 heavy (non-hydrogen) atoms. The Morgan fingerprint density at radius 3 is 2.48 bits per heavy atom. The van der Waals surface area contributed by atoms with Crippen LogP contribution < -0.4 is 11.1 Å². The highest BCUT2D eigenvalue weighted by Gasteiger charge is 2.34. The number of hydrogen-bond acceptors (Lipinski definition) is 3. The first-order valence-corrected chi connectivity index (χ1v) is 7.56. The molecule has 3 unspecified atom stereocenters. The van der Waals surface area contributed by atoms with E-state index in [9.17, 15) is 19.5 Å². The van der Waals surface area contributed by atoms with Crippen LogP contribution in [0.15, 0.2) is 0 Å². The summed E-state index contributed by atoms with van der Waals surface area (Å²) >= 11 is 0. The smallest absolute Gasteiger partial charge is 0.317 e. The van der Waals surface area contributed by atoms with Crippen molar-refractivity contribution in [3.8, 4) is 0 Å². The SMILES string of the molecule is NC(=O)C1CCCN(C(=O)NC2CCCCC2C(=O)O)C1. The Bertz CT molecular complexity index is 426. The highest BCUT2D eigenvalue weighted by atomic mass is 16.4. The number of carbonyl (C=O) groups excluding carboxylic acids is 2. The fraction of sp³-hybridized carbons (Fsp3) is 0.786. The van der Waals surface area contributed by atoms with Gasteiger partial charge in [-0.15, -0.1) is 0 Å². The number of carbonyl (C=O) groups is 3. The van der Waals surface area contributed by atoms with E-state index in [1.165, 1.54) is 0 Å². The average molecular weight is 297 g/mol. The van der Waals surface area contributed by atoms with Gasteiger partial charge in [-0.1, -0.05) is 12.8 Å². The molecule has 0 radical (unpaired) electrons. The van der Waals surface area contributed by atoms with Crippen molar-refractivity contribution in [3.05, 3.63) is 0 Å². The molecule has 0 bridgehead atoms. The molecule has 7 nitrogen and oxygen atoms in total. The molecule has 1 saturated heterocycles. The minimum atomic E-state index is -0.853. The second-order valence-corrected chi connectivity index (χ2v) is 5.97. The molecule has 7 heteroatoms. The van der Waals surface area contributed by atoms with E-state index < -0.39 is 11.9 Å². The van der Waals surface area contributed by atoms with Gasteiger partial charge in [0.25, 0.3) is 0 Å². The zero-order valence-electron chi connectivity index (χ0n) is 12.1. The number of nitrogens with zero attached hydrogens (tertiary/aromatic N) is 1. The lowest BCUT2D eigenvalue weighted by Crippen LogP contribution is -2.53.